The highest BCUT2D eigenvalue weighted by Gasteiger charge is 2.30. The van der Waals surface area contributed by atoms with Gasteiger partial charge in [-0.05, 0) is 60.2 Å². The summed E-state index contributed by atoms with van der Waals surface area (Å²) in [7, 11) is -4.84. The van der Waals surface area contributed by atoms with Crippen LogP contribution in [0, 0.1) is 5.82 Å². The number of halogens is 1. The number of aromatic nitrogens is 1. The third-order valence-corrected chi connectivity index (χ3v) is 8.86. The number of hydrogen-bond acceptors (Lipinski definition) is 6. The Morgan fingerprint density at radius 3 is 2.12 bits per heavy atom. The molecule has 3 rings (SSSR count). The van der Waals surface area contributed by atoms with E-state index in [0.717, 1.165) is 16.4 Å². The standard InChI is InChI=1S/C22H22FN3O5S2/c1-26(2)33(30,31)20-9-5-16(6-10-20)22(27)25-15-21(17-4-3-13-24-14-17)32(28,29)19-11-7-18(23)8-12-19/h3-14,21H,15H2,1-2H3,(H,25,27). The largest absolute Gasteiger partial charge is 0.350 e. The molecule has 11 heteroatoms. The average molecular weight is 492 g/mol. The maximum atomic E-state index is 13.3. The van der Waals surface area contributed by atoms with Crippen LogP contribution >= 0.6 is 0 Å². The molecule has 1 atom stereocenters. The van der Waals surface area contributed by atoms with Crippen LogP contribution in [0.5, 0.6) is 0 Å². The zero-order valence-electron chi connectivity index (χ0n) is 17.8. The van der Waals surface area contributed by atoms with Crippen molar-refractivity contribution in [3.05, 3.63) is 90.0 Å². The van der Waals surface area contributed by atoms with Crippen LogP contribution in [0.15, 0.2) is 82.8 Å². The summed E-state index contributed by atoms with van der Waals surface area (Å²) < 4.78 is 65.2. The van der Waals surface area contributed by atoms with E-state index >= 15 is 0 Å². The van der Waals surface area contributed by atoms with E-state index in [9.17, 15) is 26.0 Å². The first-order valence-electron chi connectivity index (χ1n) is 9.73. The minimum atomic E-state index is -3.99. The van der Waals surface area contributed by atoms with E-state index in [1.54, 1.807) is 12.1 Å². The van der Waals surface area contributed by atoms with Crippen molar-refractivity contribution in [2.24, 2.45) is 0 Å². The van der Waals surface area contributed by atoms with Gasteiger partial charge in [0.25, 0.3) is 5.91 Å². The van der Waals surface area contributed by atoms with Gasteiger partial charge in [0, 0.05) is 38.6 Å². The number of sulfonamides is 1. The van der Waals surface area contributed by atoms with E-state index in [1.165, 1.54) is 62.9 Å². The Morgan fingerprint density at radius 1 is 0.970 bits per heavy atom. The smallest absolute Gasteiger partial charge is 0.251 e. The summed E-state index contributed by atoms with van der Waals surface area (Å²) in [6, 6.07) is 12.9. The van der Waals surface area contributed by atoms with E-state index in [-0.39, 0.29) is 21.9 Å². The summed E-state index contributed by atoms with van der Waals surface area (Å²) in [5, 5.41) is 1.41. The van der Waals surface area contributed by atoms with Crippen LogP contribution in [0.25, 0.3) is 0 Å². The van der Waals surface area contributed by atoms with Gasteiger partial charge in [-0.1, -0.05) is 6.07 Å². The number of benzene rings is 2. The summed E-state index contributed by atoms with van der Waals surface area (Å²) in [6.45, 7) is -0.276. The minimum Gasteiger partial charge on any atom is -0.350 e. The second-order valence-corrected chi connectivity index (χ2v) is 11.6. The number of nitrogens with one attached hydrogen (secondary N) is 1. The molecule has 0 aliphatic carbocycles. The lowest BCUT2D eigenvalue weighted by Crippen LogP contribution is -2.32. The van der Waals surface area contributed by atoms with Crippen LogP contribution in [0.2, 0.25) is 0 Å². The maximum absolute atomic E-state index is 13.3. The summed E-state index contributed by atoms with van der Waals surface area (Å²) in [5.41, 5.74) is 0.520. The van der Waals surface area contributed by atoms with Crippen LogP contribution in [-0.2, 0) is 19.9 Å². The van der Waals surface area contributed by atoms with Gasteiger partial charge in [-0.25, -0.2) is 25.5 Å². The van der Waals surface area contributed by atoms with E-state index < -0.39 is 36.8 Å². The molecule has 0 aliphatic rings. The second-order valence-electron chi connectivity index (χ2n) is 7.30. The molecule has 1 unspecified atom stereocenters. The molecule has 0 radical (unpaired) electrons. The molecule has 174 valence electrons. The van der Waals surface area contributed by atoms with Crippen molar-refractivity contribution in [1.29, 1.82) is 0 Å². The van der Waals surface area contributed by atoms with E-state index in [1.807, 2.05) is 0 Å². The Balaban J connectivity index is 1.84. The lowest BCUT2D eigenvalue weighted by molar-refractivity contribution is 0.0953. The predicted molar refractivity (Wildman–Crippen MR) is 120 cm³/mol. The lowest BCUT2D eigenvalue weighted by atomic mass is 10.2. The SMILES string of the molecule is CN(C)S(=O)(=O)c1ccc(C(=O)NCC(c2cccnc2)S(=O)(=O)c2ccc(F)cc2)cc1. The molecule has 2 aromatic carbocycles. The molecular weight excluding hydrogens is 469 g/mol. The summed E-state index contributed by atoms with van der Waals surface area (Å²) in [4.78, 5) is 16.5. The van der Waals surface area contributed by atoms with Crippen LogP contribution < -0.4 is 5.32 Å². The van der Waals surface area contributed by atoms with Crippen molar-refractivity contribution in [2.75, 3.05) is 20.6 Å². The molecule has 1 amide bonds. The zero-order chi connectivity index (χ0) is 24.2. The van der Waals surface area contributed by atoms with E-state index in [2.05, 4.69) is 10.3 Å². The normalized spacial score (nSPS) is 13.0. The van der Waals surface area contributed by atoms with E-state index in [0.29, 0.717) is 5.56 Å². The second kappa shape index (κ2) is 9.77. The van der Waals surface area contributed by atoms with Crippen LogP contribution in [0.3, 0.4) is 0 Å². The fourth-order valence-corrected chi connectivity index (χ4v) is 5.58. The lowest BCUT2D eigenvalue weighted by Gasteiger charge is -2.19. The Hall–Kier alpha value is -3.15. The third kappa shape index (κ3) is 5.44. The Labute approximate surface area is 192 Å². The molecule has 33 heavy (non-hydrogen) atoms. The third-order valence-electron chi connectivity index (χ3n) is 4.92. The molecule has 0 fully saturated rings. The summed E-state index contributed by atoms with van der Waals surface area (Å²) in [5.74, 6) is -1.15. The van der Waals surface area contributed by atoms with Gasteiger partial charge in [0.05, 0.1) is 9.79 Å². The number of carbonyl (C=O) groups excluding carboxylic acids is 1. The number of nitrogens with zero attached hydrogens (tertiary/aromatic N) is 2. The molecule has 0 saturated carbocycles. The van der Waals surface area contributed by atoms with Gasteiger partial charge in [-0.15, -0.1) is 0 Å². The first-order valence-corrected chi connectivity index (χ1v) is 12.7. The molecule has 1 aromatic heterocycles. The van der Waals surface area contributed by atoms with Gasteiger partial charge in [0.2, 0.25) is 10.0 Å². The molecule has 0 aliphatic heterocycles. The topological polar surface area (TPSA) is 114 Å². The molecule has 0 saturated heterocycles. The highest BCUT2D eigenvalue weighted by Crippen LogP contribution is 2.28. The van der Waals surface area contributed by atoms with Crippen molar-refractivity contribution >= 4 is 25.8 Å². The minimum absolute atomic E-state index is 0.0242. The molecule has 1 heterocycles. The van der Waals surface area contributed by atoms with Crippen LogP contribution in [0.4, 0.5) is 4.39 Å². The van der Waals surface area contributed by atoms with E-state index in [4.69, 9.17) is 0 Å². The van der Waals surface area contributed by atoms with Gasteiger partial charge in [-0.2, -0.15) is 0 Å². The van der Waals surface area contributed by atoms with Crippen molar-refractivity contribution in [1.82, 2.24) is 14.6 Å². The zero-order valence-corrected chi connectivity index (χ0v) is 19.5. The van der Waals surface area contributed by atoms with Crippen molar-refractivity contribution in [2.45, 2.75) is 15.0 Å². The van der Waals surface area contributed by atoms with Gasteiger partial charge >= 0.3 is 0 Å². The van der Waals surface area contributed by atoms with Gasteiger partial charge < -0.3 is 5.32 Å². The fraction of sp³-hybridized carbons (Fsp3) is 0.182. The van der Waals surface area contributed by atoms with Crippen molar-refractivity contribution < 1.29 is 26.0 Å². The highest BCUT2D eigenvalue weighted by molar-refractivity contribution is 7.91. The Morgan fingerprint density at radius 2 is 1.58 bits per heavy atom. The summed E-state index contributed by atoms with van der Waals surface area (Å²) >= 11 is 0. The number of amides is 1. The number of carbonyl (C=O) groups is 1. The van der Waals surface area contributed by atoms with Crippen molar-refractivity contribution in [3.63, 3.8) is 0 Å². The summed E-state index contributed by atoms with van der Waals surface area (Å²) in [6.07, 6.45) is 2.88. The van der Waals surface area contributed by atoms with Crippen LogP contribution in [-0.4, -0.2) is 52.7 Å². The molecule has 3 aromatic rings. The average Bonchev–Trinajstić information content (AvgIpc) is 2.80. The van der Waals surface area contributed by atoms with Crippen LogP contribution in [0.1, 0.15) is 21.2 Å². The number of pyridine rings is 1. The number of rotatable bonds is 8. The maximum Gasteiger partial charge on any atom is 0.251 e. The number of sulfone groups is 1. The Bertz CT molecular complexity index is 1330. The number of hydrogen-bond donors (Lipinski definition) is 1. The van der Waals surface area contributed by atoms with Gasteiger partial charge in [-0.3, -0.25) is 9.78 Å². The quantitative estimate of drug-likeness (QED) is 0.484. The monoisotopic (exact) mass is 491 g/mol. The van der Waals surface area contributed by atoms with Crippen molar-refractivity contribution in [3.8, 4) is 0 Å². The molecular formula is C22H22FN3O5S2. The molecule has 1 N–H and O–H groups in total. The predicted octanol–water partition coefficient (Wildman–Crippen LogP) is 2.42. The fourth-order valence-electron chi connectivity index (χ4n) is 3.04. The Kier molecular flexibility index (Phi) is 7.25. The van der Waals surface area contributed by atoms with Gasteiger partial charge in [0.1, 0.15) is 11.1 Å². The first-order chi connectivity index (χ1) is 15.5. The highest BCUT2D eigenvalue weighted by atomic mass is 32.2. The molecule has 0 bridgehead atoms. The molecule has 0 spiro atoms. The van der Waals surface area contributed by atoms with Gasteiger partial charge in [0.15, 0.2) is 9.84 Å². The molecule has 8 nitrogen and oxygen atoms in total. The first kappa shape index (κ1) is 24.5.